The number of amides is 1. The molecule has 0 spiro atoms. The van der Waals surface area contributed by atoms with Crippen LogP contribution < -0.4 is 15.0 Å². The first-order chi connectivity index (χ1) is 12.6. The summed E-state index contributed by atoms with van der Waals surface area (Å²) in [6.45, 7) is 7.12. The minimum absolute atomic E-state index is 0.0805. The lowest BCUT2D eigenvalue weighted by Gasteiger charge is -2.29. The fraction of sp³-hybridized carbons (Fsp3) is 0.381. The number of benzene rings is 2. The Morgan fingerprint density at radius 1 is 1.04 bits per heavy atom. The maximum atomic E-state index is 12.4. The zero-order valence-corrected chi connectivity index (χ0v) is 15.4. The number of ether oxygens (including phenoxy) is 2. The SMILES string of the molecule is CC(Oc1ccccc1)C(=O)NC(C)c1ccc(N2CCOCC2)cc1. The second-order valence-electron chi connectivity index (χ2n) is 6.49. The molecule has 1 N–H and O–H groups in total. The van der Waals surface area contributed by atoms with Gasteiger partial charge in [0.2, 0.25) is 0 Å². The summed E-state index contributed by atoms with van der Waals surface area (Å²) in [4.78, 5) is 14.7. The van der Waals surface area contributed by atoms with E-state index >= 15 is 0 Å². The Kier molecular flexibility index (Phi) is 6.12. The molecule has 5 nitrogen and oxygen atoms in total. The summed E-state index contributed by atoms with van der Waals surface area (Å²) in [6, 6.07) is 17.6. The molecular weight excluding hydrogens is 328 g/mol. The molecule has 1 aliphatic heterocycles. The summed E-state index contributed by atoms with van der Waals surface area (Å²) in [6.07, 6.45) is -0.549. The van der Waals surface area contributed by atoms with E-state index in [4.69, 9.17) is 9.47 Å². The molecule has 0 bridgehead atoms. The van der Waals surface area contributed by atoms with Crippen LogP contribution in [0.3, 0.4) is 0 Å². The quantitative estimate of drug-likeness (QED) is 0.866. The van der Waals surface area contributed by atoms with Crippen LogP contribution in [-0.4, -0.2) is 38.3 Å². The van der Waals surface area contributed by atoms with E-state index in [1.165, 1.54) is 5.69 Å². The van der Waals surface area contributed by atoms with Crippen molar-refractivity contribution in [3.63, 3.8) is 0 Å². The lowest BCUT2D eigenvalue weighted by molar-refractivity contribution is -0.127. The topological polar surface area (TPSA) is 50.8 Å². The fourth-order valence-corrected chi connectivity index (χ4v) is 2.97. The summed E-state index contributed by atoms with van der Waals surface area (Å²) in [5, 5.41) is 3.02. The highest BCUT2D eigenvalue weighted by Crippen LogP contribution is 2.20. The minimum atomic E-state index is -0.549. The minimum Gasteiger partial charge on any atom is -0.481 e. The maximum absolute atomic E-state index is 12.4. The average molecular weight is 354 g/mol. The third-order valence-corrected chi connectivity index (χ3v) is 4.55. The van der Waals surface area contributed by atoms with Gasteiger partial charge in [-0.25, -0.2) is 0 Å². The third-order valence-electron chi connectivity index (χ3n) is 4.55. The largest absolute Gasteiger partial charge is 0.481 e. The molecular formula is C21H26N2O3. The van der Waals surface area contributed by atoms with E-state index in [0.717, 1.165) is 31.9 Å². The molecule has 1 amide bonds. The van der Waals surface area contributed by atoms with Crippen molar-refractivity contribution < 1.29 is 14.3 Å². The molecule has 138 valence electrons. The van der Waals surface area contributed by atoms with Gasteiger partial charge in [-0.3, -0.25) is 4.79 Å². The summed E-state index contributed by atoms with van der Waals surface area (Å²) < 4.78 is 11.1. The van der Waals surface area contributed by atoms with E-state index in [2.05, 4.69) is 34.5 Å². The summed E-state index contributed by atoms with van der Waals surface area (Å²) in [5.41, 5.74) is 2.26. The number of morpholine rings is 1. The highest BCUT2D eigenvalue weighted by Gasteiger charge is 2.18. The Labute approximate surface area is 154 Å². The summed E-state index contributed by atoms with van der Waals surface area (Å²) in [7, 11) is 0. The van der Waals surface area contributed by atoms with E-state index in [-0.39, 0.29) is 11.9 Å². The molecule has 2 aromatic rings. The number of nitrogens with zero attached hydrogens (tertiary/aromatic N) is 1. The first-order valence-corrected chi connectivity index (χ1v) is 9.08. The van der Waals surface area contributed by atoms with Crippen LogP contribution in [0.2, 0.25) is 0 Å². The van der Waals surface area contributed by atoms with Crippen molar-refractivity contribution in [1.82, 2.24) is 5.32 Å². The second kappa shape index (κ2) is 8.72. The first kappa shape index (κ1) is 18.3. The lowest BCUT2D eigenvalue weighted by atomic mass is 10.1. The predicted molar refractivity (Wildman–Crippen MR) is 103 cm³/mol. The summed E-state index contributed by atoms with van der Waals surface area (Å²) in [5.74, 6) is 0.566. The molecule has 0 aromatic heterocycles. The number of hydrogen-bond donors (Lipinski definition) is 1. The van der Waals surface area contributed by atoms with Crippen LogP contribution in [0.15, 0.2) is 54.6 Å². The Morgan fingerprint density at radius 2 is 1.69 bits per heavy atom. The Balaban J connectivity index is 1.55. The molecule has 1 aliphatic rings. The number of carbonyl (C=O) groups is 1. The van der Waals surface area contributed by atoms with Gasteiger partial charge in [-0.05, 0) is 43.7 Å². The summed E-state index contributed by atoms with van der Waals surface area (Å²) >= 11 is 0. The maximum Gasteiger partial charge on any atom is 0.261 e. The van der Waals surface area contributed by atoms with Crippen molar-refractivity contribution in [3.05, 3.63) is 60.2 Å². The number of rotatable bonds is 6. The molecule has 0 radical (unpaired) electrons. The van der Waals surface area contributed by atoms with E-state index in [1.807, 2.05) is 37.3 Å². The monoisotopic (exact) mass is 354 g/mol. The molecule has 0 saturated carbocycles. The molecule has 1 saturated heterocycles. The van der Waals surface area contributed by atoms with Gasteiger partial charge in [0.15, 0.2) is 6.10 Å². The van der Waals surface area contributed by atoms with Crippen LogP contribution in [-0.2, 0) is 9.53 Å². The van der Waals surface area contributed by atoms with Crippen LogP contribution in [0.4, 0.5) is 5.69 Å². The Hall–Kier alpha value is -2.53. The number of anilines is 1. The van der Waals surface area contributed by atoms with Gasteiger partial charge >= 0.3 is 0 Å². The molecule has 2 unspecified atom stereocenters. The normalized spacial score (nSPS) is 16.6. The van der Waals surface area contributed by atoms with Crippen molar-refractivity contribution in [2.45, 2.75) is 26.0 Å². The number of hydrogen-bond acceptors (Lipinski definition) is 4. The smallest absolute Gasteiger partial charge is 0.261 e. The standard InChI is InChI=1S/C21H26N2O3/c1-16(22-21(24)17(2)26-20-6-4-3-5-7-20)18-8-10-19(11-9-18)23-12-14-25-15-13-23/h3-11,16-17H,12-15H2,1-2H3,(H,22,24). The van der Waals surface area contributed by atoms with Crippen molar-refractivity contribution in [2.24, 2.45) is 0 Å². The highest BCUT2D eigenvalue weighted by atomic mass is 16.5. The van der Waals surface area contributed by atoms with Gasteiger partial charge in [0.25, 0.3) is 5.91 Å². The Morgan fingerprint density at radius 3 is 2.35 bits per heavy atom. The van der Waals surface area contributed by atoms with Crippen molar-refractivity contribution in [3.8, 4) is 5.75 Å². The molecule has 3 rings (SSSR count). The predicted octanol–water partition coefficient (Wildman–Crippen LogP) is 3.17. The highest BCUT2D eigenvalue weighted by molar-refractivity contribution is 5.81. The molecule has 0 aliphatic carbocycles. The number of carbonyl (C=O) groups excluding carboxylic acids is 1. The van der Waals surface area contributed by atoms with Gasteiger partial charge in [-0.1, -0.05) is 30.3 Å². The Bertz CT molecular complexity index is 697. The molecule has 2 aromatic carbocycles. The van der Waals surface area contributed by atoms with E-state index in [1.54, 1.807) is 6.92 Å². The molecule has 5 heteroatoms. The van der Waals surface area contributed by atoms with Crippen molar-refractivity contribution in [2.75, 3.05) is 31.2 Å². The third kappa shape index (κ3) is 4.76. The first-order valence-electron chi connectivity index (χ1n) is 9.08. The van der Waals surface area contributed by atoms with Gasteiger partial charge < -0.3 is 19.7 Å². The van der Waals surface area contributed by atoms with Crippen LogP contribution in [0.5, 0.6) is 5.75 Å². The lowest BCUT2D eigenvalue weighted by Crippen LogP contribution is -2.38. The van der Waals surface area contributed by atoms with E-state index in [9.17, 15) is 4.79 Å². The van der Waals surface area contributed by atoms with Crippen LogP contribution in [0.1, 0.15) is 25.5 Å². The zero-order chi connectivity index (χ0) is 18.4. The molecule has 1 fully saturated rings. The number of nitrogens with one attached hydrogen (secondary N) is 1. The molecule has 26 heavy (non-hydrogen) atoms. The van der Waals surface area contributed by atoms with E-state index in [0.29, 0.717) is 5.75 Å². The molecule has 2 atom stereocenters. The van der Waals surface area contributed by atoms with Crippen LogP contribution in [0, 0.1) is 0 Å². The second-order valence-corrected chi connectivity index (χ2v) is 6.49. The van der Waals surface area contributed by atoms with Gasteiger partial charge in [0.05, 0.1) is 19.3 Å². The van der Waals surface area contributed by atoms with Gasteiger partial charge in [-0.15, -0.1) is 0 Å². The van der Waals surface area contributed by atoms with Crippen LogP contribution >= 0.6 is 0 Å². The van der Waals surface area contributed by atoms with Gasteiger partial charge in [0, 0.05) is 18.8 Å². The van der Waals surface area contributed by atoms with E-state index < -0.39 is 6.10 Å². The van der Waals surface area contributed by atoms with Crippen molar-refractivity contribution >= 4 is 11.6 Å². The zero-order valence-electron chi connectivity index (χ0n) is 15.4. The number of para-hydroxylation sites is 1. The molecule has 1 heterocycles. The van der Waals surface area contributed by atoms with Crippen LogP contribution in [0.25, 0.3) is 0 Å². The van der Waals surface area contributed by atoms with Gasteiger partial charge in [-0.2, -0.15) is 0 Å². The average Bonchev–Trinajstić information content (AvgIpc) is 2.69. The van der Waals surface area contributed by atoms with Gasteiger partial charge in [0.1, 0.15) is 5.75 Å². The fourth-order valence-electron chi connectivity index (χ4n) is 2.97. The van der Waals surface area contributed by atoms with Crippen molar-refractivity contribution in [1.29, 1.82) is 0 Å².